The van der Waals surface area contributed by atoms with E-state index in [0.29, 0.717) is 11.3 Å². The van der Waals surface area contributed by atoms with E-state index in [9.17, 15) is 22.8 Å². The molecule has 0 radical (unpaired) electrons. The molecule has 0 aliphatic carbocycles. The molecule has 0 aliphatic heterocycles. The Labute approximate surface area is 191 Å². The van der Waals surface area contributed by atoms with Crippen molar-refractivity contribution in [1.29, 1.82) is 0 Å². The number of nitrogens with zero attached hydrogens (tertiary/aromatic N) is 2. The highest BCUT2D eigenvalue weighted by molar-refractivity contribution is 6.01. The lowest BCUT2D eigenvalue weighted by Crippen LogP contribution is -2.22. The molecular weight excluding hydrogens is 449 g/mol. The number of nitrogens with one attached hydrogen (secondary N) is 2. The number of aryl methyl sites for hydroxylation is 1. The first-order valence-electron chi connectivity index (χ1n) is 10.2. The molecule has 0 spiro atoms. The minimum atomic E-state index is -4.62. The number of fused-ring (bicyclic) bond motifs is 1. The number of carbonyl (C=O) groups is 1. The number of ether oxygens (including phenoxy) is 1. The molecule has 2 amide bonds. The van der Waals surface area contributed by atoms with E-state index < -0.39 is 17.8 Å². The summed E-state index contributed by atoms with van der Waals surface area (Å²) in [5.41, 5.74) is 0.397. The predicted molar refractivity (Wildman–Crippen MR) is 121 cm³/mol. The molecule has 0 saturated carbocycles. The Morgan fingerprint density at radius 3 is 2.44 bits per heavy atom. The highest BCUT2D eigenvalue weighted by Crippen LogP contribution is 2.34. The lowest BCUT2D eigenvalue weighted by molar-refractivity contribution is -0.136. The van der Waals surface area contributed by atoms with Crippen molar-refractivity contribution in [1.82, 2.24) is 9.38 Å². The number of para-hydroxylation sites is 3. The maximum atomic E-state index is 13.2. The van der Waals surface area contributed by atoms with Gasteiger partial charge in [0.05, 0.1) is 22.6 Å². The summed E-state index contributed by atoms with van der Waals surface area (Å²) in [6, 6.07) is 15.1. The Balaban J connectivity index is 1.49. The summed E-state index contributed by atoms with van der Waals surface area (Å²) >= 11 is 0. The maximum Gasteiger partial charge on any atom is 0.418 e. The van der Waals surface area contributed by atoms with Gasteiger partial charge in [-0.3, -0.25) is 9.20 Å². The van der Waals surface area contributed by atoms with Crippen LogP contribution in [0, 0.1) is 6.92 Å². The Bertz CT molecular complexity index is 1420. The van der Waals surface area contributed by atoms with Gasteiger partial charge in [0.25, 0.3) is 5.56 Å². The Hall–Kier alpha value is -4.34. The normalized spacial score (nSPS) is 11.3. The van der Waals surface area contributed by atoms with Gasteiger partial charge >= 0.3 is 12.2 Å². The van der Waals surface area contributed by atoms with Crippen LogP contribution in [0.25, 0.3) is 5.65 Å². The van der Waals surface area contributed by atoms with Crippen molar-refractivity contribution in [2.75, 3.05) is 10.6 Å². The summed E-state index contributed by atoms with van der Waals surface area (Å²) in [5.74, 6) is 0.257. The van der Waals surface area contributed by atoms with E-state index in [4.69, 9.17) is 4.74 Å². The number of aromatic nitrogens is 2. The third kappa shape index (κ3) is 5.17. The highest BCUT2D eigenvalue weighted by atomic mass is 19.4. The molecule has 174 valence electrons. The van der Waals surface area contributed by atoms with Crippen LogP contribution in [0.2, 0.25) is 0 Å². The SMILES string of the molecule is Cc1ccc2nc(COc3ccccc3NC(=O)Nc3ccccc3C(F)(F)F)cc(=O)n2c1. The van der Waals surface area contributed by atoms with E-state index in [0.717, 1.165) is 17.7 Å². The van der Waals surface area contributed by atoms with Crippen molar-refractivity contribution < 1.29 is 22.7 Å². The summed E-state index contributed by atoms with van der Waals surface area (Å²) in [6.07, 6.45) is -2.93. The zero-order valence-corrected chi connectivity index (χ0v) is 17.9. The van der Waals surface area contributed by atoms with Crippen LogP contribution in [-0.4, -0.2) is 15.4 Å². The molecule has 4 aromatic rings. The molecule has 34 heavy (non-hydrogen) atoms. The molecule has 0 atom stereocenters. The number of carbonyl (C=O) groups excluding carboxylic acids is 1. The summed E-state index contributed by atoms with van der Waals surface area (Å²) in [5, 5.41) is 4.71. The molecule has 0 aliphatic rings. The van der Waals surface area contributed by atoms with Crippen LogP contribution >= 0.6 is 0 Å². The van der Waals surface area contributed by atoms with Crippen LogP contribution in [-0.2, 0) is 12.8 Å². The number of urea groups is 1. The van der Waals surface area contributed by atoms with Gasteiger partial charge in [-0.05, 0) is 42.8 Å². The minimum Gasteiger partial charge on any atom is -0.485 e. The average molecular weight is 468 g/mol. The second kappa shape index (κ2) is 9.26. The first kappa shape index (κ1) is 22.8. The molecule has 2 N–H and O–H groups in total. The van der Waals surface area contributed by atoms with Gasteiger partial charge in [-0.25, -0.2) is 9.78 Å². The first-order chi connectivity index (χ1) is 16.2. The Kier molecular flexibility index (Phi) is 6.22. The van der Waals surface area contributed by atoms with Crippen molar-refractivity contribution in [2.24, 2.45) is 0 Å². The third-order valence-electron chi connectivity index (χ3n) is 4.85. The van der Waals surface area contributed by atoms with E-state index in [1.54, 1.807) is 30.5 Å². The summed E-state index contributed by atoms with van der Waals surface area (Å²) in [7, 11) is 0. The molecule has 10 heteroatoms. The standard InChI is InChI=1S/C24H19F3N4O3/c1-15-10-11-21-28-16(12-22(32)31(21)13-15)14-34-20-9-5-4-8-19(20)30-23(33)29-18-7-3-2-6-17(18)24(25,26)27/h2-13H,14H2,1H3,(H2,29,30,33). The summed E-state index contributed by atoms with van der Waals surface area (Å²) in [4.78, 5) is 29.2. The fraction of sp³-hybridized carbons (Fsp3) is 0.125. The monoisotopic (exact) mass is 468 g/mol. The molecule has 2 heterocycles. The van der Waals surface area contributed by atoms with Crippen LogP contribution in [0.5, 0.6) is 5.75 Å². The number of anilines is 2. The van der Waals surface area contributed by atoms with Gasteiger partial charge in [-0.15, -0.1) is 0 Å². The largest absolute Gasteiger partial charge is 0.485 e. The van der Waals surface area contributed by atoms with Gasteiger partial charge in [0.15, 0.2) is 0 Å². The number of alkyl halides is 3. The summed E-state index contributed by atoms with van der Waals surface area (Å²) < 4.78 is 46.7. The van der Waals surface area contributed by atoms with Crippen molar-refractivity contribution in [3.05, 3.63) is 100 Å². The number of pyridine rings is 1. The van der Waals surface area contributed by atoms with Crippen LogP contribution in [0.3, 0.4) is 0 Å². The maximum absolute atomic E-state index is 13.2. The van der Waals surface area contributed by atoms with Crippen LogP contribution in [0.15, 0.2) is 77.7 Å². The molecule has 0 saturated heterocycles. The van der Waals surface area contributed by atoms with Crippen molar-refractivity contribution in [3.63, 3.8) is 0 Å². The van der Waals surface area contributed by atoms with Gasteiger partial charge in [-0.1, -0.05) is 30.3 Å². The number of hydrogen-bond donors (Lipinski definition) is 2. The van der Waals surface area contributed by atoms with E-state index in [-0.39, 0.29) is 29.3 Å². The number of benzene rings is 2. The molecule has 2 aromatic carbocycles. The molecule has 2 aromatic heterocycles. The van der Waals surface area contributed by atoms with Gasteiger partial charge in [0.1, 0.15) is 18.0 Å². The van der Waals surface area contributed by atoms with E-state index in [1.165, 1.54) is 28.7 Å². The van der Waals surface area contributed by atoms with Gasteiger partial charge in [0.2, 0.25) is 0 Å². The van der Waals surface area contributed by atoms with E-state index in [2.05, 4.69) is 15.6 Å². The summed E-state index contributed by atoms with van der Waals surface area (Å²) in [6.45, 7) is 1.81. The number of amides is 2. The van der Waals surface area contributed by atoms with Crippen LogP contribution < -0.4 is 20.9 Å². The predicted octanol–water partition coefficient (Wildman–Crippen LogP) is 5.24. The number of halogens is 3. The topological polar surface area (TPSA) is 84.7 Å². The quantitative estimate of drug-likeness (QED) is 0.419. The van der Waals surface area contributed by atoms with Gasteiger partial charge in [0, 0.05) is 12.3 Å². The molecule has 0 fully saturated rings. The molecule has 0 unspecified atom stereocenters. The Morgan fingerprint density at radius 2 is 1.68 bits per heavy atom. The van der Waals surface area contributed by atoms with Crippen molar-refractivity contribution >= 4 is 23.1 Å². The average Bonchev–Trinajstić information content (AvgIpc) is 2.78. The zero-order chi connectivity index (χ0) is 24.3. The van der Waals surface area contributed by atoms with E-state index in [1.807, 2.05) is 13.0 Å². The van der Waals surface area contributed by atoms with Crippen LogP contribution in [0.1, 0.15) is 16.8 Å². The second-order valence-corrected chi connectivity index (χ2v) is 7.43. The molecular formula is C24H19F3N4O3. The van der Waals surface area contributed by atoms with Crippen molar-refractivity contribution in [3.8, 4) is 5.75 Å². The fourth-order valence-electron chi connectivity index (χ4n) is 3.29. The fourth-order valence-corrected chi connectivity index (χ4v) is 3.29. The van der Waals surface area contributed by atoms with Gasteiger partial charge < -0.3 is 15.4 Å². The molecule has 0 bridgehead atoms. The smallest absolute Gasteiger partial charge is 0.418 e. The van der Waals surface area contributed by atoms with Gasteiger partial charge in [-0.2, -0.15) is 13.2 Å². The number of hydrogen-bond acceptors (Lipinski definition) is 4. The lowest BCUT2D eigenvalue weighted by atomic mass is 10.1. The number of rotatable bonds is 5. The molecule has 7 nitrogen and oxygen atoms in total. The second-order valence-electron chi connectivity index (χ2n) is 7.43. The van der Waals surface area contributed by atoms with Crippen LogP contribution in [0.4, 0.5) is 29.3 Å². The zero-order valence-electron chi connectivity index (χ0n) is 17.9. The van der Waals surface area contributed by atoms with Crippen molar-refractivity contribution in [2.45, 2.75) is 19.7 Å². The Morgan fingerprint density at radius 1 is 1.00 bits per heavy atom. The third-order valence-corrected chi connectivity index (χ3v) is 4.85. The van der Waals surface area contributed by atoms with E-state index >= 15 is 0 Å². The minimum absolute atomic E-state index is 0.0587. The lowest BCUT2D eigenvalue weighted by Gasteiger charge is -2.15. The molecule has 4 rings (SSSR count). The first-order valence-corrected chi connectivity index (χ1v) is 10.2. The highest BCUT2D eigenvalue weighted by Gasteiger charge is 2.33.